The highest BCUT2D eigenvalue weighted by molar-refractivity contribution is 7.12. The Morgan fingerprint density at radius 3 is 2.59 bits per heavy atom. The highest BCUT2D eigenvalue weighted by Gasteiger charge is 2.49. The van der Waals surface area contributed by atoms with Crippen molar-refractivity contribution in [3.05, 3.63) is 52.2 Å². The standard InChI is InChI=1S/C18H17N3O5S/c1-18(11-6-4-3-5-7-11)16(24)21(17(25)20-18)10-13(22)19-12-8-9-27-14(12)15(23)26-2/h3-9H,10H2,1-2H3,(H,19,22)(H,20,25)/t18-/m0/s1. The SMILES string of the molecule is COC(=O)c1sccc1NC(=O)CN1C(=O)N[C@@](C)(c2ccccc2)C1=O. The molecule has 8 nitrogen and oxygen atoms in total. The van der Waals surface area contributed by atoms with Crippen LogP contribution in [0.15, 0.2) is 41.8 Å². The number of methoxy groups -OCH3 is 1. The molecule has 1 aromatic carbocycles. The quantitative estimate of drug-likeness (QED) is 0.603. The lowest BCUT2D eigenvalue weighted by molar-refractivity contribution is -0.133. The number of ether oxygens (including phenoxy) is 1. The van der Waals surface area contributed by atoms with Crippen LogP contribution in [0.1, 0.15) is 22.2 Å². The first-order valence-corrected chi connectivity index (χ1v) is 8.90. The smallest absolute Gasteiger partial charge is 0.350 e. The maximum Gasteiger partial charge on any atom is 0.350 e. The second-order valence-corrected chi connectivity index (χ2v) is 6.93. The van der Waals surface area contributed by atoms with E-state index in [2.05, 4.69) is 15.4 Å². The first kappa shape index (κ1) is 18.6. The molecule has 2 heterocycles. The molecule has 1 fully saturated rings. The molecule has 9 heteroatoms. The van der Waals surface area contributed by atoms with Gasteiger partial charge in [-0.05, 0) is 23.9 Å². The predicted molar refractivity (Wildman–Crippen MR) is 98.3 cm³/mol. The summed E-state index contributed by atoms with van der Waals surface area (Å²) in [7, 11) is 1.24. The van der Waals surface area contributed by atoms with Gasteiger partial charge in [0.25, 0.3) is 5.91 Å². The van der Waals surface area contributed by atoms with Crippen LogP contribution in [-0.2, 0) is 19.9 Å². The van der Waals surface area contributed by atoms with E-state index < -0.39 is 35.9 Å². The summed E-state index contributed by atoms with van der Waals surface area (Å²) >= 11 is 1.12. The molecule has 0 spiro atoms. The van der Waals surface area contributed by atoms with Crippen molar-refractivity contribution in [2.45, 2.75) is 12.5 Å². The van der Waals surface area contributed by atoms with E-state index in [1.54, 1.807) is 48.7 Å². The Balaban J connectivity index is 1.74. The molecule has 4 amide bonds. The summed E-state index contributed by atoms with van der Waals surface area (Å²) in [5.41, 5.74) is -0.343. The number of carbonyl (C=O) groups is 4. The van der Waals surface area contributed by atoms with Crippen molar-refractivity contribution < 1.29 is 23.9 Å². The van der Waals surface area contributed by atoms with Crippen molar-refractivity contribution in [2.24, 2.45) is 0 Å². The molecule has 2 aromatic rings. The zero-order valence-corrected chi connectivity index (χ0v) is 15.5. The van der Waals surface area contributed by atoms with Gasteiger partial charge >= 0.3 is 12.0 Å². The molecule has 0 aliphatic carbocycles. The summed E-state index contributed by atoms with van der Waals surface area (Å²) < 4.78 is 4.65. The van der Waals surface area contributed by atoms with Gasteiger partial charge in [-0.3, -0.25) is 14.5 Å². The maximum atomic E-state index is 12.8. The molecule has 1 atom stereocenters. The van der Waals surface area contributed by atoms with Crippen molar-refractivity contribution in [1.82, 2.24) is 10.2 Å². The summed E-state index contributed by atoms with van der Waals surface area (Å²) in [5.74, 6) is -1.70. The molecule has 27 heavy (non-hydrogen) atoms. The van der Waals surface area contributed by atoms with Gasteiger partial charge < -0.3 is 15.4 Å². The Bertz CT molecular complexity index is 911. The fourth-order valence-corrected chi connectivity index (χ4v) is 3.57. The van der Waals surface area contributed by atoms with E-state index in [0.29, 0.717) is 5.56 Å². The molecule has 0 radical (unpaired) electrons. The number of hydrogen-bond acceptors (Lipinski definition) is 6. The van der Waals surface area contributed by atoms with E-state index in [1.165, 1.54) is 7.11 Å². The van der Waals surface area contributed by atoms with Gasteiger partial charge in [0, 0.05) is 0 Å². The van der Waals surface area contributed by atoms with Crippen LogP contribution in [0.25, 0.3) is 0 Å². The zero-order valence-electron chi connectivity index (χ0n) is 14.6. The Morgan fingerprint density at radius 1 is 1.22 bits per heavy atom. The average Bonchev–Trinajstić information content (AvgIpc) is 3.20. The van der Waals surface area contributed by atoms with Crippen LogP contribution < -0.4 is 10.6 Å². The van der Waals surface area contributed by atoms with E-state index in [4.69, 9.17) is 0 Å². The Hall–Kier alpha value is -3.20. The van der Waals surface area contributed by atoms with Crippen LogP contribution in [0.3, 0.4) is 0 Å². The number of rotatable bonds is 5. The molecular formula is C18H17N3O5S. The molecule has 1 aliphatic rings. The number of benzene rings is 1. The molecule has 0 saturated carbocycles. The lowest BCUT2D eigenvalue weighted by Crippen LogP contribution is -2.42. The topological polar surface area (TPSA) is 105 Å². The Labute approximate surface area is 159 Å². The van der Waals surface area contributed by atoms with E-state index in [1.807, 2.05) is 0 Å². The van der Waals surface area contributed by atoms with Crippen molar-refractivity contribution >= 4 is 40.8 Å². The monoisotopic (exact) mass is 387 g/mol. The van der Waals surface area contributed by atoms with Gasteiger partial charge in [-0.25, -0.2) is 9.59 Å². The van der Waals surface area contributed by atoms with E-state index in [9.17, 15) is 19.2 Å². The van der Waals surface area contributed by atoms with Crippen LogP contribution in [0.2, 0.25) is 0 Å². The number of amides is 4. The third-order valence-electron chi connectivity index (χ3n) is 4.24. The number of anilines is 1. The summed E-state index contributed by atoms with van der Waals surface area (Å²) in [4.78, 5) is 50.2. The normalized spacial score (nSPS) is 19.0. The Morgan fingerprint density at radius 2 is 1.93 bits per heavy atom. The van der Waals surface area contributed by atoms with Crippen molar-refractivity contribution in [2.75, 3.05) is 19.0 Å². The predicted octanol–water partition coefficient (Wildman–Crippen LogP) is 1.94. The molecule has 0 bridgehead atoms. The summed E-state index contributed by atoms with van der Waals surface area (Å²) in [6.45, 7) is 1.12. The van der Waals surface area contributed by atoms with Gasteiger partial charge in [-0.15, -0.1) is 11.3 Å². The van der Waals surface area contributed by atoms with Crippen LogP contribution in [0, 0.1) is 0 Å². The van der Waals surface area contributed by atoms with Crippen LogP contribution >= 0.6 is 11.3 Å². The molecule has 140 valence electrons. The van der Waals surface area contributed by atoms with E-state index in [-0.39, 0.29) is 10.6 Å². The first-order chi connectivity index (χ1) is 12.9. The fraction of sp³-hybridized carbons (Fsp3) is 0.222. The van der Waals surface area contributed by atoms with Gasteiger partial charge in [0.15, 0.2) is 0 Å². The molecule has 1 saturated heterocycles. The number of imide groups is 1. The molecular weight excluding hydrogens is 370 g/mol. The second kappa shape index (κ2) is 7.20. The summed E-state index contributed by atoms with van der Waals surface area (Å²) in [5, 5.41) is 6.80. The molecule has 0 unspecified atom stereocenters. The Kier molecular flexibility index (Phi) is 4.95. The molecule has 1 aromatic heterocycles. The van der Waals surface area contributed by atoms with Crippen LogP contribution in [0.5, 0.6) is 0 Å². The number of carbonyl (C=O) groups excluding carboxylic acids is 4. The highest BCUT2D eigenvalue weighted by atomic mass is 32.1. The van der Waals surface area contributed by atoms with Gasteiger partial charge in [0.1, 0.15) is 17.0 Å². The number of urea groups is 1. The number of esters is 1. The fourth-order valence-electron chi connectivity index (χ4n) is 2.80. The first-order valence-electron chi connectivity index (χ1n) is 8.02. The van der Waals surface area contributed by atoms with Gasteiger partial charge in [-0.1, -0.05) is 30.3 Å². The molecule has 2 N–H and O–H groups in total. The highest BCUT2D eigenvalue weighted by Crippen LogP contribution is 2.29. The van der Waals surface area contributed by atoms with Crippen LogP contribution in [0.4, 0.5) is 10.5 Å². The largest absolute Gasteiger partial charge is 0.465 e. The molecule has 3 rings (SSSR count). The van der Waals surface area contributed by atoms with Gasteiger partial charge in [0.2, 0.25) is 5.91 Å². The molecule has 1 aliphatic heterocycles. The minimum atomic E-state index is -1.24. The zero-order chi connectivity index (χ0) is 19.6. The maximum absolute atomic E-state index is 12.8. The van der Waals surface area contributed by atoms with Gasteiger partial charge in [0.05, 0.1) is 12.8 Å². The van der Waals surface area contributed by atoms with E-state index in [0.717, 1.165) is 16.2 Å². The third-order valence-corrected chi connectivity index (χ3v) is 5.13. The number of nitrogens with zero attached hydrogens (tertiary/aromatic N) is 1. The van der Waals surface area contributed by atoms with Crippen molar-refractivity contribution in [3.63, 3.8) is 0 Å². The summed E-state index contributed by atoms with van der Waals surface area (Å²) in [6, 6.07) is 9.69. The summed E-state index contributed by atoms with van der Waals surface area (Å²) in [6.07, 6.45) is 0. The van der Waals surface area contributed by atoms with E-state index >= 15 is 0 Å². The van der Waals surface area contributed by atoms with Crippen molar-refractivity contribution in [3.8, 4) is 0 Å². The third kappa shape index (κ3) is 3.41. The second-order valence-electron chi connectivity index (χ2n) is 6.02. The lowest BCUT2D eigenvalue weighted by atomic mass is 9.92. The van der Waals surface area contributed by atoms with Crippen molar-refractivity contribution in [1.29, 1.82) is 0 Å². The lowest BCUT2D eigenvalue weighted by Gasteiger charge is -2.22. The minimum Gasteiger partial charge on any atom is -0.465 e. The number of nitrogens with one attached hydrogen (secondary N) is 2. The number of hydrogen-bond donors (Lipinski definition) is 2. The van der Waals surface area contributed by atoms with Gasteiger partial charge in [-0.2, -0.15) is 0 Å². The number of thiophene rings is 1. The average molecular weight is 387 g/mol. The van der Waals surface area contributed by atoms with Crippen LogP contribution in [-0.4, -0.2) is 42.4 Å². The minimum absolute atomic E-state index is 0.233.